The summed E-state index contributed by atoms with van der Waals surface area (Å²) >= 11 is 0. The van der Waals surface area contributed by atoms with Crippen LogP contribution in [0.25, 0.3) is 6.08 Å². The highest BCUT2D eigenvalue weighted by Gasteiger charge is 2.17. The highest BCUT2D eigenvalue weighted by Crippen LogP contribution is 2.33. The van der Waals surface area contributed by atoms with Gasteiger partial charge in [-0.3, -0.25) is 19.7 Å². The van der Waals surface area contributed by atoms with Crippen molar-refractivity contribution in [1.29, 1.82) is 0 Å². The minimum Gasteiger partial charge on any atom is -0.502 e. The number of rotatable bonds is 7. The first-order valence-electron chi connectivity index (χ1n) is 10.2. The average molecular weight is 474 g/mol. The number of nitrogens with zero attached hydrogens (tertiary/aromatic N) is 2. The lowest BCUT2D eigenvalue weighted by Crippen LogP contribution is -2.32. The second-order valence-corrected chi connectivity index (χ2v) is 7.20. The number of carbonyl (C=O) groups excluding carboxylic acids is 2. The van der Waals surface area contributed by atoms with Gasteiger partial charge in [-0.25, -0.2) is 5.43 Å². The van der Waals surface area contributed by atoms with Crippen LogP contribution in [0.15, 0.2) is 77.5 Å². The molecule has 0 spiro atoms. The summed E-state index contributed by atoms with van der Waals surface area (Å²) in [6.07, 6.45) is 2.61. The van der Waals surface area contributed by atoms with Crippen LogP contribution in [0.3, 0.4) is 0 Å². The second kappa shape index (κ2) is 10.2. The zero-order valence-electron chi connectivity index (χ0n) is 18.0. The standard InChI is InChI=1S/C24H18N4O7/c29-20-8-6-16(11-19(20)28(32)33)13-25-27-24(31)18(26-23(30)17-4-2-1-3-5-17)10-15-7-9-21-22(12-15)35-14-34-21/h1-13,29H,14H2,(H,26,30)(H,27,31)/b18-10?,25-13+. The third-order valence-corrected chi connectivity index (χ3v) is 4.81. The van der Waals surface area contributed by atoms with E-state index in [1.807, 2.05) is 0 Å². The lowest BCUT2D eigenvalue weighted by atomic mass is 10.1. The molecule has 0 saturated heterocycles. The fourth-order valence-electron chi connectivity index (χ4n) is 3.10. The Hall–Kier alpha value is -5.19. The zero-order valence-corrected chi connectivity index (χ0v) is 18.0. The maximum absolute atomic E-state index is 12.9. The first-order valence-corrected chi connectivity index (χ1v) is 10.2. The molecule has 4 rings (SSSR count). The monoisotopic (exact) mass is 474 g/mol. The Balaban J connectivity index is 1.56. The van der Waals surface area contributed by atoms with Crippen molar-refractivity contribution in [2.24, 2.45) is 5.10 Å². The molecule has 0 fully saturated rings. The van der Waals surface area contributed by atoms with Crippen LogP contribution in [-0.2, 0) is 4.79 Å². The molecule has 3 aromatic carbocycles. The molecule has 1 aliphatic heterocycles. The molecule has 0 saturated carbocycles. The van der Waals surface area contributed by atoms with E-state index < -0.39 is 28.2 Å². The van der Waals surface area contributed by atoms with Crippen LogP contribution in [0, 0.1) is 10.1 Å². The zero-order chi connectivity index (χ0) is 24.8. The van der Waals surface area contributed by atoms with E-state index in [2.05, 4.69) is 15.8 Å². The fraction of sp³-hybridized carbons (Fsp3) is 0.0417. The van der Waals surface area contributed by atoms with E-state index in [-0.39, 0.29) is 18.1 Å². The molecule has 35 heavy (non-hydrogen) atoms. The molecule has 11 heteroatoms. The first kappa shape index (κ1) is 23.0. The number of nitrogens with one attached hydrogen (secondary N) is 2. The Kier molecular flexibility index (Phi) is 6.68. The average Bonchev–Trinajstić information content (AvgIpc) is 3.33. The SMILES string of the molecule is O=C(N/N=C/c1ccc(O)c([N+](=O)[O-])c1)C(=Cc1ccc2c(c1)OCO2)NC(=O)c1ccccc1. The topological polar surface area (TPSA) is 152 Å². The quantitative estimate of drug-likeness (QED) is 0.206. The number of hydrazone groups is 1. The van der Waals surface area contributed by atoms with E-state index in [1.165, 1.54) is 18.4 Å². The van der Waals surface area contributed by atoms with Gasteiger partial charge in [0.2, 0.25) is 6.79 Å². The number of benzene rings is 3. The molecule has 11 nitrogen and oxygen atoms in total. The number of hydrogen-bond donors (Lipinski definition) is 3. The number of ether oxygens (including phenoxy) is 2. The summed E-state index contributed by atoms with van der Waals surface area (Å²) in [4.78, 5) is 35.8. The molecule has 3 aromatic rings. The van der Waals surface area contributed by atoms with Crippen LogP contribution in [0.4, 0.5) is 5.69 Å². The van der Waals surface area contributed by atoms with Crippen molar-refractivity contribution in [2.75, 3.05) is 6.79 Å². The van der Waals surface area contributed by atoms with E-state index in [9.17, 15) is 24.8 Å². The highest BCUT2D eigenvalue weighted by molar-refractivity contribution is 6.05. The van der Waals surface area contributed by atoms with E-state index >= 15 is 0 Å². The Labute approximate surface area is 198 Å². The summed E-state index contributed by atoms with van der Waals surface area (Å²) in [5.41, 5.74) is 2.85. The summed E-state index contributed by atoms with van der Waals surface area (Å²) < 4.78 is 10.6. The lowest BCUT2D eigenvalue weighted by molar-refractivity contribution is -0.385. The van der Waals surface area contributed by atoms with Crippen molar-refractivity contribution < 1.29 is 29.1 Å². The summed E-state index contributed by atoms with van der Waals surface area (Å²) in [7, 11) is 0. The van der Waals surface area contributed by atoms with Crippen LogP contribution in [0.5, 0.6) is 17.2 Å². The van der Waals surface area contributed by atoms with E-state index in [1.54, 1.807) is 48.5 Å². The van der Waals surface area contributed by atoms with Crippen LogP contribution in [0.2, 0.25) is 0 Å². The molecular weight excluding hydrogens is 456 g/mol. The maximum Gasteiger partial charge on any atom is 0.311 e. The van der Waals surface area contributed by atoms with Crippen LogP contribution in [-0.4, -0.2) is 34.9 Å². The van der Waals surface area contributed by atoms with Gasteiger partial charge >= 0.3 is 5.69 Å². The number of aromatic hydroxyl groups is 1. The summed E-state index contributed by atoms with van der Waals surface area (Å²) in [6.45, 7) is 0.0880. The molecule has 0 bridgehead atoms. The number of fused-ring (bicyclic) bond motifs is 1. The maximum atomic E-state index is 12.9. The molecule has 0 radical (unpaired) electrons. The second-order valence-electron chi connectivity index (χ2n) is 7.20. The van der Waals surface area contributed by atoms with Gasteiger partial charge in [-0.1, -0.05) is 24.3 Å². The van der Waals surface area contributed by atoms with Gasteiger partial charge in [0, 0.05) is 17.2 Å². The summed E-state index contributed by atoms with van der Waals surface area (Å²) in [6, 6.07) is 17.0. The normalized spacial score (nSPS) is 12.4. The van der Waals surface area contributed by atoms with Gasteiger partial charge in [0.15, 0.2) is 17.2 Å². The van der Waals surface area contributed by atoms with Crippen LogP contribution >= 0.6 is 0 Å². The number of phenols is 1. The molecular formula is C24H18N4O7. The third kappa shape index (κ3) is 5.60. The van der Waals surface area contributed by atoms with Crippen LogP contribution in [0.1, 0.15) is 21.5 Å². The van der Waals surface area contributed by atoms with E-state index in [0.29, 0.717) is 22.6 Å². The number of phenolic OH excluding ortho intramolecular Hbond substituents is 1. The lowest BCUT2D eigenvalue weighted by Gasteiger charge is -2.09. The highest BCUT2D eigenvalue weighted by atomic mass is 16.7. The summed E-state index contributed by atoms with van der Waals surface area (Å²) in [5.74, 6) is -0.676. The molecule has 0 unspecified atom stereocenters. The molecule has 2 amide bonds. The third-order valence-electron chi connectivity index (χ3n) is 4.81. The van der Waals surface area contributed by atoms with Crippen molar-refractivity contribution in [3.63, 3.8) is 0 Å². The molecule has 0 aliphatic carbocycles. The predicted octanol–water partition coefficient (Wildman–Crippen LogP) is 2.95. The minimum absolute atomic E-state index is 0.0880. The van der Waals surface area contributed by atoms with Gasteiger partial charge in [0.1, 0.15) is 5.70 Å². The van der Waals surface area contributed by atoms with Gasteiger partial charge in [-0.15, -0.1) is 0 Å². The fourth-order valence-corrected chi connectivity index (χ4v) is 3.10. The van der Waals surface area contributed by atoms with Gasteiger partial charge in [0.05, 0.1) is 11.1 Å². The molecule has 3 N–H and O–H groups in total. The van der Waals surface area contributed by atoms with E-state index in [0.717, 1.165) is 12.1 Å². The number of nitro benzene ring substituents is 1. The summed E-state index contributed by atoms with van der Waals surface area (Å²) in [5, 5.41) is 26.9. The van der Waals surface area contributed by atoms with Gasteiger partial charge in [0.25, 0.3) is 11.8 Å². The molecule has 0 aromatic heterocycles. The Bertz CT molecular complexity index is 1350. The Morgan fingerprint density at radius 3 is 2.51 bits per heavy atom. The Morgan fingerprint density at radius 1 is 1.00 bits per heavy atom. The van der Waals surface area contributed by atoms with Crippen molar-refractivity contribution in [2.45, 2.75) is 0 Å². The number of carbonyl (C=O) groups is 2. The number of amides is 2. The number of nitro groups is 1. The smallest absolute Gasteiger partial charge is 0.311 e. The van der Waals surface area contributed by atoms with Crippen molar-refractivity contribution in [1.82, 2.24) is 10.7 Å². The Morgan fingerprint density at radius 2 is 1.74 bits per heavy atom. The van der Waals surface area contributed by atoms with Gasteiger partial charge < -0.3 is 19.9 Å². The molecule has 1 aliphatic rings. The van der Waals surface area contributed by atoms with Crippen LogP contribution < -0.4 is 20.2 Å². The molecule has 0 atom stereocenters. The largest absolute Gasteiger partial charge is 0.502 e. The van der Waals surface area contributed by atoms with Crippen molar-refractivity contribution in [3.8, 4) is 17.2 Å². The minimum atomic E-state index is -0.740. The van der Waals surface area contributed by atoms with Gasteiger partial charge in [-0.05, 0) is 48.0 Å². The van der Waals surface area contributed by atoms with Crippen molar-refractivity contribution in [3.05, 3.63) is 99.2 Å². The number of hydrogen-bond acceptors (Lipinski definition) is 8. The molecule has 176 valence electrons. The first-order chi connectivity index (χ1) is 16.9. The van der Waals surface area contributed by atoms with Gasteiger partial charge in [-0.2, -0.15) is 5.10 Å². The van der Waals surface area contributed by atoms with Crippen molar-refractivity contribution >= 4 is 29.8 Å². The van der Waals surface area contributed by atoms with E-state index in [4.69, 9.17) is 9.47 Å². The predicted molar refractivity (Wildman–Crippen MR) is 125 cm³/mol. The molecule has 1 heterocycles.